The summed E-state index contributed by atoms with van der Waals surface area (Å²) in [5.41, 5.74) is 3.91. The van der Waals surface area contributed by atoms with Crippen LogP contribution in [0, 0.1) is 13.8 Å². The van der Waals surface area contributed by atoms with Crippen molar-refractivity contribution in [1.82, 2.24) is 9.78 Å². The zero-order chi connectivity index (χ0) is 13.3. The van der Waals surface area contributed by atoms with Gasteiger partial charge in [0.05, 0.1) is 11.3 Å². The Bertz CT molecular complexity index is 600. The molecular formula is C14H16N2O2. The van der Waals surface area contributed by atoms with Gasteiger partial charge in [-0.2, -0.15) is 5.10 Å². The predicted molar refractivity (Wildman–Crippen MR) is 69.8 cm³/mol. The van der Waals surface area contributed by atoms with E-state index in [1.165, 1.54) is 0 Å². The van der Waals surface area contributed by atoms with Crippen molar-refractivity contribution in [1.29, 1.82) is 0 Å². The third-order valence-electron chi connectivity index (χ3n) is 3.05. The number of rotatable bonds is 3. The van der Waals surface area contributed by atoms with Gasteiger partial charge in [-0.3, -0.25) is 4.68 Å². The van der Waals surface area contributed by atoms with E-state index in [9.17, 15) is 4.79 Å². The number of benzene rings is 1. The third-order valence-corrected chi connectivity index (χ3v) is 3.05. The zero-order valence-electron chi connectivity index (χ0n) is 10.8. The van der Waals surface area contributed by atoms with Crippen LogP contribution in [0.5, 0.6) is 0 Å². The van der Waals surface area contributed by atoms with Crippen molar-refractivity contribution >= 4 is 5.97 Å². The lowest BCUT2D eigenvalue weighted by atomic mass is 10.0. The standard InChI is InChI=1S/C14H16N2O2/c1-4-16-8-13(10(3)15-16)11-6-5-9(2)12(7-11)14(17)18/h5-8H,4H2,1-3H3,(H,17,18). The Morgan fingerprint density at radius 3 is 2.67 bits per heavy atom. The van der Waals surface area contributed by atoms with Crippen LogP contribution in [-0.4, -0.2) is 20.9 Å². The molecule has 0 bridgehead atoms. The molecule has 0 saturated heterocycles. The molecule has 0 aliphatic heterocycles. The number of nitrogens with zero attached hydrogens (tertiary/aromatic N) is 2. The summed E-state index contributed by atoms with van der Waals surface area (Å²) < 4.78 is 1.85. The van der Waals surface area contributed by atoms with Crippen LogP contribution in [0.1, 0.15) is 28.5 Å². The summed E-state index contributed by atoms with van der Waals surface area (Å²) in [5, 5.41) is 13.5. The first-order chi connectivity index (χ1) is 8.52. The minimum atomic E-state index is -0.894. The van der Waals surface area contributed by atoms with Gasteiger partial charge in [0.1, 0.15) is 0 Å². The summed E-state index contributed by atoms with van der Waals surface area (Å²) in [7, 11) is 0. The average Bonchev–Trinajstić information content (AvgIpc) is 2.71. The molecule has 0 spiro atoms. The van der Waals surface area contributed by atoms with Crippen LogP contribution in [0.3, 0.4) is 0 Å². The van der Waals surface area contributed by atoms with Gasteiger partial charge >= 0.3 is 5.97 Å². The van der Waals surface area contributed by atoms with E-state index >= 15 is 0 Å². The smallest absolute Gasteiger partial charge is 0.335 e. The van der Waals surface area contributed by atoms with Gasteiger partial charge in [-0.1, -0.05) is 12.1 Å². The van der Waals surface area contributed by atoms with Crippen molar-refractivity contribution < 1.29 is 9.90 Å². The summed E-state index contributed by atoms with van der Waals surface area (Å²) in [4.78, 5) is 11.1. The van der Waals surface area contributed by atoms with E-state index in [0.717, 1.165) is 28.9 Å². The SMILES string of the molecule is CCn1cc(-c2ccc(C)c(C(=O)O)c2)c(C)n1. The molecule has 0 atom stereocenters. The third kappa shape index (κ3) is 2.14. The van der Waals surface area contributed by atoms with Crippen molar-refractivity contribution in [3.63, 3.8) is 0 Å². The predicted octanol–water partition coefficient (Wildman–Crippen LogP) is 2.89. The highest BCUT2D eigenvalue weighted by Crippen LogP contribution is 2.25. The highest BCUT2D eigenvalue weighted by atomic mass is 16.4. The molecule has 2 aromatic rings. The molecule has 94 valence electrons. The molecule has 0 amide bonds. The molecule has 4 nitrogen and oxygen atoms in total. The summed E-state index contributed by atoms with van der Waals surface area (Å²) >= 11 is 0. The molecule has 0 fully saturated rings. The Hall–Kier alpha value is -2.10. The molecular weight excluding hydrogens is 228 g/mol. The Balaban J connectivity index is 2.53. The van der Waals surface area contributed by atoms with Crippen molar-refractivity contribution in [3.05, 3.63) is 41.2 Å². The summed E-state index contributed by atoms with van der Waals surface area (Å²) in [5.74, 6) is -0.894. The van der Waals surface area contributed by atoms with E-state index in [0.29, 0.717) is 5.56 Å². The van der Waals surface area contributed by atoms with Crippen molar-refractivity contribution in [2.45, 2.75) is 27.3 Å². The molecule has 0 unspecified atom stereocenters. The molecule has 0 aliphatic carbocycles. The highest BCUT2D eigenvalue weighted by molar-refractivity contribution is 5.91. The van der Waals surface area contributed by atoms with Gasteiger partial charge < -0.3 is 5.11 Å². The van der Waals surface area contributed by atoms with Crippen LogP contribution in [0.25, 0.3) is 11.1 Å². The second kappa shape index (κ2) is 4.64. The number of aromatic carboxylic acids is 1. The number of carbonyl (C=O) groups is 1. The topological polar surface area (TPSA) is 55.1 Å². The van der Waals surface area contributed by atoms with E-state index in [2.05, 4.69) is 5.10 Å². The first kappa shape index (κ1) is 12.4. The Labute approximate surface area is 106 Å². The largest absolute Gasteiger partial charge is 0.478 e. The van der Waals surface area contributed by atoms with E-state index in [4.69, 9.17) is 5.11 Å². The molecule has 0 aliphatic rings. The maximum absolute atomic E-state index is 11.1. The molecule has 1 aromatic carbocycles. The number of aryl methyl sites for hydroxylation is 3. The summed E-state index contributed by atoms with van der Waals surface area (Å²) in [6.45, 7) is 6.56. The fourth-order valence-electron chi connectivity index (χ4n) is 1.98. The minimum absolute atomic E-state index is 0.344. The lowest BCUT2D eigenvalue weighted by molar-refractivity contribution is 0.0696. The fraction of sp³-hybridized carbons (Fsp3) is 0.286. The van der Waals surface area contributed by atoms with Crippen LogP contribution in [-0.2, 0) is 6.54 Å². The second-order valence-electron chi connectivity index (χ2n) is 4.32. The maximum atomic E-state index is 11.1. The summed E-state index contributed by atoms with van der Waals surface area (Å²) in [6.07, 6.45) is 1.95. The van der Waals surface area contributed by atoms with Gasteiger partial charge in [0.25, 0.3) is 0 Å². The van der Waals surface area contributed by atoms with E-state index < -0.39 is 5.97 Å². The van der Waals surface area contributed by atoms with Crippen LogP contribution in [0.15, 0.2) is 24.4 Å². The normalized spacial score (nSPS) is 10.6. The summed E-state index contributed by atoms with van der Waals surface area (Å²) in [6, 6.07) is 5.48. The molecule has 2 rings (SSSR count). The highest BCUT2D eigenvalue weighted by Gasteiger charge is 2.12. The first-order valence-electron chi connectivity index (χ1n) is 5.91. The quantitative estimate of drug-likeness (QED) is 0.903. The molecule has 4 heteroatoms. The van der Waals surface area contributed by atoms with Gasteiger partial charge in [0.2, 0.25) is 0 Å². The lowest BCUT2D eigenvalue weighted by Gasteiger charge is -2.04. The van der Waals surface area contributed by atoms with Crippen LogP contribution >= 0.6 is 0 Å². The monoisotopic (exact) mass is 244 g/mol. The number of hydrogen-bond donors (Lipinski definition) is 1. The Morgan fingerprint density at radius 2 is 2.11 bits per heavy atom. The van der Waals surface area contributed by atoms with Crippen molar-refractivity contribution in [3.8, 4) is 11.1 Å². The van der Waals surface area contributed by atoms with Gasteiger partial charge in [-0.25, -0.2) is 4.79 Å². The van der Waals surface area contributed by atoms with Crippen LogP contribution < -0.4 is 0 Å². The van der Waals surface area contributed by atoms with Gasteiger partial charge in [-0.05, 0) is 38.0 Å². The van der Waals surface area contributed by atoms with Gasteiger partial charge in [0, 0.05) is 18.3 Å². The average molecular weight is 244 g/mol. The fourth-order valence-corrected chi connectivity index (χ4v) is 1.98. The first-order valence-corrected chi connectivity index (χ1v) is 5.91. The number of hydrogen-bond acceptors (Lipinski definition) is 2. The maximum Gasteiger partial charge on any atom is 0.335 e. The van der Waals surface area contributed by atoms with E-state index in [1.807, 2.05) is 36.9 Å². The zero-order valence-corrected chi connectivity index (χ0v) is 10.8. The number of carboxylic acid groups (broad SMARTS) is 1. The lowest BCUT2D eigenvalue weighted by Crippen LogP contribution is -1.99. The Morgan fingerprint density at radius 1 is 1.39 bits per heavy atom. The molecule has 0 saturated carbocycles. The van der Waals surface area contributed by atoms with E-state index in [-0.39, 0.29) is 0 Å². The number of aromatic nitrogens is 2. The minimum Gasteiger partial charge on any atom is -0.478 e. The Kier molecular flexibility index (Phi) is 3.19. The molecule has 1 heterocycles. The molecule has 1 N–H and O–H groups in total. The van der Waals surface area contributed by atoms with E-state index in [1.54, 1.807) is 13.0 Å². The van der Waals surface area contributed by atoms with Crippen molar-refractivity contribution in [2.75, 3.05) is 0 Å². The second-order valence-corrected chi connectivity index (χ2v) is 4.32. The van der Waals surface area contributed by atoms with Gasteiger partial charge in [0.15, 0.2) is 0 Å². The molecule has 1 aromatic heterocycles. The molecule has 0 radical (unpaired) electrons. The number of carboxylic acids is 1. The van der Waals surface area contributed by atoms with Gasteiger partial charge in [-0.15, -0.1) is 0 Å². The van der Waals surface area contributed by atoms with Crippen LogP contribution in [0.2, 0.25) is 0 Å². The molecule has 18 heavy (non-hydrogen) atoms. The van der Waals surface area contributed by atoms with Crippen LogP contribution in [0.4, 0.5) is 0 Å². The van der Waals surface area contributed by atoms with Crippen molar-refractivity contribution in [2.24, 2.45) is 0 Å².